The van der Waals surface area contributed by atoms with Crippen molar-refractivity contribution in [3.63, 3.8) is 0 Å². The molecule has 0 aliphatic rings. The van der Waals surface area contributed by atoms with Gasteiger partial charge in [-0.1, -0.05) is 139 Å². The SMILES string of the molecule is CCCCCCCC#CC(=Nc1ccccc1)C(CCCCCC)=Nc1ccccc1.CCCCc1ccc([O-])c([O-])c1CC.[Ni+2]. The maximum Gasteiger partial charge on any atom is 2.00 e. The van der Waals surface area contributed by atoms with Crippen LogP contribution in [-0.2, 0) is 29.3 Å². The van der Waals surface area contributed by atoms with Crippen LogP contribution in [0.2, 0.25) is 0 Å². The third-order valence-corrected chi connectivity index (χ3v) is 7.64. The van der Waals surface area contributed by atoms with Gasteiger partial charge in [0.1, 0.15) is 5.71 Å². The predicted molar refractivity (Wildman–Crippen MR) is 190 cm³/mol. The van der Waals surface area contributed by atoms with E-state index in [1.54, 1.807) is 6.07 Å². The first-order valence-corrected chi connectivity index (χ1v) is 17.3. The summed E-state index contributed by atoms with van der Waals surface area (Å²) >= 11 is 0. The van der Waals surface area contributed by atoms with E-state index in [0.29, 0.717) is 12.0 Å². The van der Waals surface area contributed by atoms with Gasteiger partial charge in [0.25, 0.3) is 0 Å². The van der Waals surface area contributed by atoms with Crippen LogP contribution in [-0.4, -0.2) is 11.4 Å². The van der Waals surface area contributed by atoms with Crippen LogP contribution in [0, 0.1) is 11.8 Å². The van der Waals surface area contributed by atoms with Crippen molar-refractivity contribution in [3.05, 3.63) is 83.9 Å². The topological polar surface area (TPSA) is 70.8 Å². The zero-order chi connectivity index (χ0) is 32.5. The normalized spacial score (nSPS) is 11.1. The first-order chi connectivity index (χ1) is 22.0. The van der Waals surface area contributed by atoms with Gasteiger partial charge in [-0.3, -0.25) is 4.99 Å². The molecule has 3 aromatic rings. The molecular weight excluding hydrogens is 611 g/mol. The van der Waals surface area contributed by atoms with Crippen molar-refractivity contribution in [2.45, 2.75) is 124 Å². The summed E-state index contributed by atoms with van der Waals surface area (Å²) in [5.74, 6) is 6.10. The first-order valence-electron chi connectivity index (χ1n) is 17.3. The molecule has 0 spiro atoms. The van der Waals surface area contributed by atoms with Crippen LogP contribution in [0.4, 0.5) is 11.4 Å². The molecule has 0 amide bonds. The van der Waals surface area contributed by atoms with Gasteiger partial charge in [0.2, 0.25) is 0 Å². The maximum absolute atomic E-state index is 11.5. The molecule has 3 rings (SSSR count). The van der Waals surface area contributed by atoms with Crippen molar-refractivity contribution in [2.24, 2.45) is 9.98 Å². The number of hydrogen-bond acceptors (Lipinski definition) is 4. The second-order valence-electron chi connectivity index (χ2n) is 11.5. The predicted octanol–water partition coefficient (Wildman–Crippen LogP) is 10.6. The Labute approximate surface area is 289 Å². The van der Waals surface area contributed by atoms with Gasteiger partial charge in [0.05, 0.1) is 17.1 Å². The van der Waals surface area contributed by atoms with Gasteiger partial charge in [-0.05, 0) is 74.3 Å². The summed E-state index contributed by atoms with van der Waals surface area (Å²) in [5, 5.41) is 22.6. The fourth-order valence-corrected chi connectivity index (χ4v) is 5.00. The Morgan fingerprint density at radius 2 is 1.20 bits per heavy atom. The molecule has 0 saturated heterocycles. The number of unbranched alkanes of at least 4 members (excludes halogenated alkanes) is 9. The Morgan fingerprint density at radius 1 is 0.630 bits per heavy atom. The molecule has 3 aromatic carbocycles. The summed E-state index contributed by atoms with van der Waals surface area (Å²) in [6.45, 7) is 8.53. The fourth-order valence-electron chi connectivity index (χ4n) is 5.00. The Bertz CT molecular complexity index is 1340. The van der Waals surface area contributed by atoms with Crippen LogP contribution in [0.25, 0.3) is 0 Å². The molecule has 0 heterocycles. The molecule has 0 aliphatic heterocycles. The van der Waals surface area contributed by atoms with Crippen molar-refractivity contribution in [3.8, 4) is 23.3 Å². The van der Waals surface area contributed by atoms with Crippen LogP contribution in [0.15, 0.2) is 82.8 Å². The van der Waals surface area contributed by atoms with Crippen molar-refractivity contribution < 1.29 is 26.7 Å². The van der Waals surface area contributed by atoms with Crippen molar-refractivity contribution in [2.75, 3.05) is 0 Å². The van der Waals surface area contributed by atoms with E-state index in [1.807, 2.05) is 67.6 Å². The third-order valence-electron chi connectivity index (χ3n) is 7.64. The molecule has 46 heavy (non-hydrogen) atoms. The van der Waals surface area contributed by atoms with Gasteiger partial charge in [-0.15, -0.1) is 11.5 Å². The number of rotatable bonds is 17. The molecule has 0 fully saturated rings. The van der Waals surface area contributed by atoms with E-state index in [1.165, 1.54) is 51.0 Å². The Balaban J connectivity index is 0.000000591. The van der Waals surface area contributed by atoms with E-state index >= 15 is 0 Å². The van der Waals surface area contributed by atoms with E-state index in [4.69, 9.17) is 9.98 Å². The fraction of sp³-hybridized carbons (Fsp3) is 0.463. The Morgan fingerprint density at radius 3 is 1.78 bits per heavy atom. The van der Waals surface area contributed by atoms with E-state index < -0.39 is 0 Å². The van der Waals surface area contributed by atoms with E-state index in [9.17, 15) is 10.2 Å². The number of para-hydroxylation sites is 2. The number of hydrogen-bond donors (Lipinski definition) is 0. The molecule has 0 saturated carbocycles. The van der Waals surface area contributed by atoms with Crippen LogP contribution in [0.1, 0.15) is 122 Å². The second kappa shape index (κ2) is 25.8. The van der Waals surface area contributed by atoms with Crippen molar-refractivity contribution >= 4 is 22.8 Å². The van der Waals surface area contributed by atoms with Gasteiger partial charge < -0.3 is 10.2 Å². The molecule has 250 valence electrons. The Kier molecular flexibility index (Phi) is 22.8. The number of aliphatic imine (C=N–C) groups is 2. The molecule has 0 unspecified atom stereocenters. The summed E-state index contributed by atoms with van der Waals surface area (Å²) in [7, 11) is 0. The minimum atomic E-state index is -0.373. The molecule has 0 radical (unpaired) electrons. The molecule has 0 aromatic heterocycles. The van der Waals surface area contributed by atoms with Gasteiger partial charge in [-0.25, -0.2) is 4.99 Å². The molecule has 4 nitrogen and oxygen atoms in total. The van der Waals surface area contributed by atoms with Crippen molar-refractivity contribution in [1.82, 2.24) is 0 Å². The zero-order valence-electron chi connectivity index (χ0n) is 28.6. The standard InChI is InChI=1S/C29H38N2.C12H18O2.Ni/c1-3-5-7-9-10-11-19-25-29(31-27-22-16-13-17-23-27)28(24-18-8-6-4-2)30-26-20-14-12-15-21-26;1-3-5-6-9-7-8-11(13)12(14)10(9)4-2;/h12-17,20-23H,3-11,18,24H2,1-2H3;7-8,13-14H,3-6H2,1-2H3;/q;;+2/p-2. The van der Waals surface area contributed by atoms with Crippen LogP contribution in [0.5, 0.6) is 11.5 Å². The molecule has 0 aliphatic carbocycles. The number of aryl methyl sites for hydroxylation is 1. The monoisotopic (exact) mass is 664 g/mol. The maximum atomic E-state index is 11.5. The molecule has 0 bridgehead atoms. The molecule has 0 N–H and O–H groups in total. The summed E-state index contributed by atoms with van der Waals surface area (Å²) in [6, 6.07) is 23.5. The quantitative estimate of drug-likeness (QED) is 0.0623. The van der Waals surface area contributed by atoms with Gasteiger partial charge in [0.15, 0.2) is 0 Å². The second-order valence-corrected chi connectivity index (χ2v) is 11.5. The van der Waals surface area contributed by atoms with Gasteiger partial charge in [-0.2, -0.15) is 0 Å². The third kappa shape index (κ3) is 16.3. The van der Waals surface area contributed by atoms with Crippen LogP contribution in [0.3, 0.4) is 0 Å². The summed E-state index contributed by atoms with van der Waals surface area (Å²) in [5.41, 5.74) is 5.49. The van der Waals surface area contributed by atoms with Crippen molar-refractivity contribution in [1.29, 1.82) is 0 Å². The average Bonchev–Trinajstić information content (AvgIpc) is 3.07. The van der Waals surface area contributed by atoms with E-state index in [0.717, 1.165) is 73.3 Å². The van der Waals surface area contributed by atoms with Crippen LogP contribution < -0.4 is 10.2 Å². The summed E-state index contributed by atoms with van der Waals surface area (Å²) in [6.07, 6.45) is 16.7. The average molecular weight is 666 g/mol. The smallest absolute Gasteiger partial charge is 0.873 e. The van der Waals surface area contributed by atoms with Gasteiger partial charge in [0, 0.05) is 6.42 Å². The van der Waals surface area contributed by atoms with Crippen LogP contribution >= 0.6 is 0 Å². The van der Waals surface area contributed by atoms with E-state index in [2.05, 4.69) is 32.6 Å². The molecular formula is C41H54N2NiO2. The molecule has 5 heteroatoms. The van der Waals surface area contributed by atoms with E-state index in [-0.39, 0.29) is 28.0 Å². The van der Waals surface area contributed by atoms with Gasteiger partial charge >= 0.3 is 16.5 Å². The Hall–Kier alpha value is -3.35. The largest absolute Gasteiger partial charge is 2.00 e. The zero-order valence-corrected chi connectivity index (χ0v) is 29.5. The molecule has 0 atom stereocenters. The number of benzene rings is 3. The minimum absolute atomic E-state index is 0. The summed E-state index contributed by atoms with van der Waals surface area (Å²) < 4.78 is 0. The first kappa shape index (κ1) is 40.7. The number of nitrogens with zero attached hydrogens (tertiary/aromatic N) is 2. The minimum Gasteiger partial charge on any atom is -0.873 e. The summed E-state index contributed by atoms with van der Waals surface area (Å²) in [4.78, 5) is 9.89.